The Morgan fingerprint density at radius 1 is 1.12 bits per heavy atom. The number of aliphatic carboxylic acids is 1. The third kappa shape index (κ3) is 4.87. The van der Waals surface area contributed by atoms with E-state index in [-0.39, 0.29) is 28.5 Å². The molecule has 1 N–H and O–H groups in total. The number of carbonyl (C=O) groups is 1. The Hall–Kier alpha value is -1.76. The molecule has 0 bridgehead atoms. The van der Waals surface area contributed by atoms with Gasteiger partial charge in [-0.2, -0.15) is 0 Å². The van der Waals surface area contributed by atoms with Gasteiger partial charge in [0.15, 0.2) is 9.84 Å². The van der Waals surface area contributed by atoms with Gasteiger partial charge in [-0.3, -0.25) is 4.79 Å². The van der Waals surface area contributed by atoms with Gasteiger partial charge in [0.2, 0.25) is 0 Å². The average molecular weight is 389 g/mol. The zero-order valence-corrected chi connectivity index (χ0v) is 15.0. The number of carboxylic acids is 1. The molecule has 8 heteroatoms. The maximum absolute atomic E-state index is 11.5. The lowest BCUT2D eigenvalue weighted by Crippen LogP contribution is -2.00. The molecule has 2 aromatic carbocycles. The number of sulfone groups is 1. The lowest BCUT2D eigenvalue weighted by Gasteiger charge is -2.13. The van der Waals surface area contributed by atoms with Crippen molar-refractivity contribution in [3.63, 3.8) is 0 Å². The Bertz CT molecular complexity index is 878. The van der Waals surface area contributed by atoms with Crippen LogP contribution < -0.4 is 4.74 Å². The zero-order chi connectivity index (χ0) is 17.9. The van der Waals surface area contributed by atoms with Crippen LogP contribution in [0.1, 0.15) is 12.0 Å². The van der Waals surface area contributed by atoms with Gasteiger partial charge in [0.1, 0.15) is 11.5 Å². The van der Waals surface area contributed by atoms with Gasteiger partial charge in [0, 0.05) is 17.7 Å². The molecule has 2 aromatic rings. The van der Waals surface area contributed by atoms with Crippen LogP contribution in [0.5, 0.6) is 11.5 Å². The Balaban J connectivity index is 2.33. The highest BCUT2D eigenvalue weighted by molar-refractivity contribution is 7.90. The number of carboxylic acid groups (broad SMARTS) is 1. The second-order valence-corrected chi connectivity index (χ2v) is 7.97. The van der Waals surface area contributed by atoms with Crippen LogP contribution in [0.4, 0.5) is 0 Å². The number of hydrogen-bond donors (Lipinski definition) is 1. The molecule has 0 aliphatic carbocycles. The molecule has 0 spiro atoms. The van der Waals surface area contributed by atoms with E-state index in [4.69, 9.17) is 33.0 Å². The smallest absolute Gasteiger partial charge is 0.303 e. The number of halogens is 2. The summed E-state index contributed by atoms with van der Waals surface area (Å²) in [5, 5.41) is 9.37. The van der Waals surface area contributed by atoms with Crippen molar-refractivity contribution in [1.29, 1.82) is 0 Å². The fourth-order valence-corrected chi connectivity index (χ4v) is 3.08. The molecule has 0 saturated carbocycles. The molecule has 0 amide bonds. The highest BCUT2D eigenvalue weighted by Crippen LogP contribution is 2.34. The van der Waals surface area contributed by atoms with Crippen molar-refractivity contribution in [2.24, 2.45) is 0 Å². The van der Waals surface area contributed by atoms with Crippen LogP contribution in [0.25, 0.3) is 0 Å². The van der Waals surface area contributed by atoms with E-state index in [2.05, 4.69) is 0 Å². The number of benzene rings is 2. The van der Waals surface area contributed by atoms with Crippen LogP contribution >= 0.6 is 23.2 Å². The molecule has 0 aromatic heterocycles. The molecule has 5 nitrogen and oxygen atoms in total. The predicted molar refractivity (Wildman–Crippen MR) is 92.0 cm³/mol. The van der Waals surface area contributed by atoms with E-state index >= 15 is 0 Å². The van der Waals surface area contributed by atoms with Crippen molar-refractivity contribution in [2.75, 3.05) is 6.26 Å². The molecule has 0 saturated heterocycles. The van der Waals surface area contributed by atoms with Crippen molar-refractivity contribution in [3.8, 4) is 11.5 Å². The van der Waals surface area contributed by atoms with Gasteiger partial charge in [-0.1, -0.05) is 29.3 Å². The second kappa shape index (κ2) is 7.42. The van der Waals surface area contributed by atoms with Gasteiger partial charge in [0.25, 0.3) is 0 Å². The first-order chi connectivity index (χ1) is 11.2. The first-order valence-corrected chi connectivity index (χ1v) is 9.49. The van der Waals surface area contributed by atoms with E-state index in [1.165, 1.54) is 18.2 Å². The lowest BCUT2D eigenvalue weighted by molar-refractivity contribution is -0.136. The molecular formula is C16H14Cl2O5S. The largest absolute Gasteiger partial charge is 0.481 e. The molecule has 2 rings (SSSR count). The minimum atomic E-state index is -3.37. The van der Waals surface area contributed by atoms with Gasteiger partial charge in [-0.05, 0) is 42.3 Å². The number of rotatable bonds is 6. The summed E-state index contributed by atoms with van der Waals surface area (Å²) in [6.07, 6.45) is 1.29. The second-order valence-electron chi connectivity index (χ2n) is 5.11. The maximum atomic E-state index is 11.5. The standard InChI is InChI=1S/C16H14Cl2O5S/c1-24(21,22)12-5-6-14(13(18)9-12)23-15-8-11(17)4-2-10(15)3-7-16(19)20/h2,4-6,8-9H,3,7H2,1H3,(H,19,20). The van der Waals surface area contributed by atoms with Crippen molar-refractivity contribution >= 4 is 39.0 Å². The van der Waals surface area contributed by atoms with E-state index in [0.717, 1.165) is 6.26 Å². The summed E-state index contributed by atoms with van der Waals surface area (Å²) in [5.74, 6) is -0.299. The zero-order valence-electron chi connectivity index (χ0n) is 12.6. The highest BCUT2D eigenvalue weighted by atomic mass is 35.5. The Morgan fingerprint density at radius 3 is 2.42 bits per heavy atom. The van der Waals surface area contributed by atoms with Gasteiger partial charge >= 0.3 is 5.97 Å². The first-order valence-electron chi connectivity index (χ1n) is 6.84. The summed E-state index contributed by atoms with van der Waals surface area (Å²) in [5.41, 5.74) is 0.657. The van der Waals surface area contributed by atoms with Gasteiger partial charge in [0.05, 0.1) is 9.92 Å². The molecule has 0 radical (unpaired) electrons. The van der Waals surface area contributed by atoms with Crippen molar-refractivity contribution < 1.29 is 23.1 Å². The minimum absolute atomic E-state index is 0.0568. The normalized spacial score (nSPS) is 11.3. The highest BCUT2D eigenvalue weighted by Gasteiger charge is 2.13. The maximum Gasteiger partial charge on any atom is 0.303 e. The molecule has 0 atom stereocenters. The monoisotopic (exact) mass is 388 g/mol. The van der Waals surface area contributed by atoms with Crippen molar-refractivity contribution in [2.45, 2.75) is 17.7 Å². The fourth-order valence-electron chi connectivity index (χ4n) is 1.98. The van der Waals surface area contributed by atoms with Crippen molar-refractivity contribution in [3.05, 3.63) is 52.0 Å². The Labute approximate surface area is 149 Å². The summed E-state index contributed by atoms with van der Waals surface area (Å²) in [4.78, 5) is 10.8. The van der Waals surface area contributed by atoms with Gasteiger partial charge < -0.3 is 9.84 Å². The molecule has 0 fully saturated rings. The number of ether oxygens (including phenoxy) is 1. The Kier molecular flexibility index (Phi) is 5.74. The molecule has 0 aliphatic rings. The van der Waals surface area contributed by atoms with Crippen LogP contribution in [0.2, 0.25) is 10.0 Å². The Morgan fingerprint density at radius 2 is 1.83 bits per heavy atom. The molecule has 0 aliphatic heterocycles. The summed E-state index contributed by atoms with van der Waals surface area (Å²) in [6.45, 7) is 0. The van der Waals surface area contributed by atoms with Crippen LogP contribution in [0, 0.1) is 0 Å². The van der Waals surface area contributed by atoms with Crippen molar-refractivity contribution in [1.82, 2.24) is 0 Å². The van der Waals surface area contributed by atoms with Gasteiger partial charge in [-0.15, -0.1) is 0 Å². The molecule has 0 heterocycles. The third-order valence-electron chi connectivity index (χ3n) is 3.19. The predicted octanol–water partition coefficient (Wildman–Crippen LogP) is 4.21. The van der Waals surface area contributed by atoms with E-state index < -0.39 is 15.8 Å². The quantitative estimate of drug-likeness (QED) is 0.801. The van der Waals surface area contributed by atoms with Crippen LogP contribution in [0.3, 0.4) is 0 Å². The summed E-state index contributed by atoms with van der Waals surface area (Å²) >= 11 is 12.1. The van der Waals surface area contributed by atoms with E-state index in [1.807, 2.05) is 0 Å². The van der Waals surface area contributed by atoms with E-state index in [1.54, 1.807) is 18.2 Å². The van der Waals surface area contributed by atoms with Crippen LogP contribution in [-0.2, 0) is 21.1 Å². The summed E-state index contributed by atoms with van der Waals surface area (Å²) in [6, 6.07) is 9.01. The molecule has 128 valence electrons. The average Bonchev–Trinajstić information content (AvgIpc) is 2.47. The van der Waals surface area contributed by atoms with E-state index in [0.29, 0.717) is 16.3 Å². The van der Waals surface area contributed by atoms with Crippen LogP contribution in [0.15, 0.2) is 41.3 Å². The number of aryl methyl sites for hydroxylation is 1. The summed E-state index contributed by atoms with van der Waals surface area (Å²) in [7, 11) is -3.37. The molecular weight excluding hydrogens is 375 g/mol. The third-order valence-corrected chi connectivity index (χ3v) is 4.83. The molecule has 24 heavy (non-hydrogen) atoms. The topological polar surface area (TPSA) is 80.7 Å². The summed E-state index contributed by atoms with van der Waals surface area (Å²) < 4.78 is 28.8. The van der Waals surface area contributed by atoms with E-state index in [9.17, 15) is 13.2 Å². The molecule has 0 unspecified atom stereocenters. The first kappa shape index (κ1) is 18.6. The minimum Gasteiger partial charge on any atom is -0.481 e. The fraction of sp³-hybridized carbons (Fsp3) is 0.188. The SMILES string of the molecule is CS(=O)(=O)c1ccc(Oc2cc(Cl)ccc2CCC(=O)O)c(Cl)c1. The van der Waals surface area contributed by atoms with Crippen LogP contribution in [-0.4, -0.2) is 25.7 Å². The number of hydrogen-bond acceptors (Lipinski definition) is 4. The van der Waals surface area contributed by atoms with Gasteiger partial charge in [-0.25, -0.2) is 8.42 Å². The lowest BCUT2D eigenvalue weighted by atomic mass is 10.1.